The van der Waals surface area contributed by atoms with E-state index in [0.717, 1.165) is 0 Å². The van der Waals surface area contributed by atoms with E-state index in [2.05, 4.69) is 4.72 Å². The highest BCUT2D eigenvalue weighted by Gasteiger charge is 2.22. The third-order valence-corrected chi connectivity index (χ3v) is 4.08. The summed E-state index contributed by atoms with van der Waals surface area (Å²) < 4.78 is 26.6. The molecule has 0 aromatic heterocycles. The van der Waals surface area contributed by atoms with Gasteiger partial charge in [-0.3, -0.25) is 4.79 Å². The number of nitrogens with one attached hydrogen (secondary N) is 1. The lowest BCUT2D eigenvalue weighted by molar-refractivity contribution is -0.118. The summed E-state index contributed by atoms with van der Waals surface area (Å²) in [5.41, 5.74) is 0.710. The van der Waals surface area contributed by atoms with Gasteiger partial charge in [-0.1, -0.05) is 44.2 Å². The van der Waals surface area contributed by atoms with Gasteiger partial charge in [0.25, 0.3) is 0 Å². The molecule has 0 aliphatic heterocycles. The summed E-state index contributed by atoms with van der Waals surface area (Å²) in [4.78, 5) is 11.5. The molecule has 1 atom stereocenters. The van der Waals surface area contributed by atoms with Crippen molar-refractivity contribution in [2.75, 3.05) is 0 Å². The second-order valence-electron chi connectivity index (χ2n) is 5.16. The van der Waals surface area contributed by atoms with E-state index in [9.17, 15) is 13.2 Å². The number of hydrogen-bond acceptors (Lipinski definition) is 3. The Morgan fingerprint density at radius 2 is 1.79 bits per heavy atom. The topological polar surface area (TPSA) is 63.2 Å². The average Bonchev–Trinajstić information content (AvgIpc) is 2.27. The van der Waals surface area contributed by atoms with Crippen molar-refractivity contribution in [2.24, 2.45) is 5.92 Å². The Hall–Kier alpha value is -1.20. The molecule has 4 nitrogen and oxygen atoms in total. The molecule has 1 aromatic carbocycles. The first-order valence-corrected chi connectivity index (χ1v) is 8.00. The first-order chi connectivity index (χ1) is 8.80. The molecule has 1 N–H and O–H groups in total. The highest BCUT2D eigenvalue weighted by atomic mass is 32.2. The summed E-state index contributed by atoms with van der Waals surface area (Å²) >= 11 is 0. The summed E-state index contributed by atoms with van der Waals surface area (Å²) in [6, 6.07) is 8.30. The van der Waals surface area contributed by atoms with E-state index in [1.165, 1.54) is 6.92 Å². The van der Waals surface area contributed by atoms with Gasteiger partial charge in [0, 0.05) is 0 Å². The largest absolute Gasteiger partial charge is 0.298 e. The van der Waals surface area contributed by atoms with Crippen LogP contribution in [0.2, 0.25) is 0 Å². The maximum atomic E-state index is 12.0. The van der Waals surface area contributed by atoms with Crippen molar-refractivity contribution >= 4 is 15.8 Å². The first kappa shape index (κ1) is 15.9. The van der Waals surface area contributed by atoms with Crippen LogP contribution in [0.15, 0.2) is 30.3 Å². The van der Waals surface area contributed by atoms with E-state index in [4.69, 9.17) is 0 Å². The van der Waals surface area contributed by atoms with Crippen molar-refractivity contribution < 1.29 is 13.2 Å². The fraction of sp³-hybridized carbons (Fsp3) is 0.500. The lowest BCUT2D eigenvalue weighted by atomic mass is 10.0. The minimum atomic E-state index is -3.50. The van der Waals surface area contributed by atoms with Crippen LogP contribution >= 0.6 is 0 Å². The van der Waals surface area contributed by atoms with Gasteiger partial charge in [-0.25, -0.2) is 13.1 Å². The maximum absolute atomic E-state index is 12.0. The third-order valence-electron chi connectivity index (χ3n) is 2.72. The number of rotatable bonds is 7. The molecule has 0 aliphatic carbocycles. The van der Waals surface area contributed by atoms with Crippen molar-refractivity contribution in [1.82, 2.24) is 4.72 Å². The number of benzene rings is 1. The Labute approximate surface area is 115 Å². The molecule has 0 fully saturated rings. The molecule has 106 valence electrons. The minimum absolute atomic E-state index is 0.101. The van der Waals surface area contributed by atoms with Crippen LogP contribution in [-0.4, -0.2) is 20.2 Å². The Kier molecular flexibility index (Phi) is 5.69. The highest BCUT2D eigenvalue weighted by molar-refractivity contribution is 7.88. The molecule has 0 unspecified atom stereocenters. The molecule has 0 saturated heterocycles. The van der Waals surface area contributed by atoms with Crippen molar-refractivity contribution in [2.45, 2.75) is 39.0 Å². The quantitative estimate of drug-likeness (QED) is 0.833. The molecule has 0 heterocycles. The summed E-state index contributed by atoms with van der Waals surface area (Å²) in [5, 5.41) is 0. The van der Waals surface area contributed by atoms with Gasteiger partial charge in [-0.05, 0) is 24.8 Å². The summed E-state index contributed by atoms with van der Waals surface area (Å²) in [6.07, 6.45) is 0.517. The number of sulfonamides is 1. The van der Waals surface area contributed by atoms with E-state index >= 15 is 0 Å². The van der Waals surface area contributed by atoms with Crippen molar-refractivity contribution in [3.05, 3.63) is 35.9 Å². The van der Waals surface area contributed by atoms with Crippen LogP contribution in [0.3, 0.4) is 0 Å². The Balaban J connectivity index is 2.74. The average molecular weight is 283 g/mol. The Morgan fingerprint density at radius 3 is 2.26 bits per heavy atom. The molecule has 19 heavy (non-hydrogen) atoms. The fourth-order valence-electron chi connectivity index (χ4n) is 1.82. The molecular weight excluding hydrogens is 262 g/mol. The molecular formula is C14H21NO3S. The van der Waals surface area contributed by atoms with Gasteiger partial charge in [0.15, 0.2) is 0 Å². The number of Topliss-reactive ketones (excluding diaryl/α,β-unsaturated/α-hetero) is 1. The third kappa shape index (κ3) is 5.98. The molecule has 0 spiro atoms. The Morgan fingerprint density at radius 1 is 1.21 bits per heavy atom. The molecule has 0 radical (unpaired) electrons. The summed E-state index contributed by atoms with van der Waals surface area (Å²) in [5.74, 6) is 0.00840. The molecule has 0 amide bonds. The predicted molar refractivity (Wildman–Crippen MR) is 76.1 cm³/mol. The predicted octanol–water partition coefficient (Wildman–Crippen LogP) is 2.11. The molecule has 0 aliphatic rings. The van der Waals surface area contributed by atoms with E-state index in [1.807, 2.05) is 19.9 Å². The van der Waals surface area contributed by atoms with Crippen LogP contribution in [-0.2, 0) is 20.6 Å². The highest BCUT2D eigenvalue weighted by Crippen LogP contribution is 2.10. The molecule has 5 heteroatoms. The lowest BCUT2D eigenvalue weighted by Gasteiger charge is -2.18. The number of carbonyl (C=O) groups is 1. The van der Waals surface area contributed by atoms with Gasteiger partial charge in [0.2, 0.25) is 10.0 Å². The van der Waals surface area contributed by atoms with Gasteiger partial charge >= 0.3 is 0 Å². The van der Waals surface area contributed by atoms with E-state index in [1.54, 1.807) is 24.3 Å². The second-order valence-corrected chi connectivity index (χ2v) is 6.91. The van der Waals surface area contributed by atoms with Gasteiger partial charge in [-0.2, -0.15) is 0 Å². The number of hydrogen-bond donors (Lipinski definition) is 1. The first-order valence-electron chi connectivity index (χ1n) is 6.34. The van der Waals surface area contributed by atoms with Gasteiger partial charge in [0.05, 0.1) is 11.8 Å². The molecule has 0 saturated carbocycles. The fourth-order valence-corrected chi connectivity index (χ4v) is 3.23. The maximum Gasteiger partial charge on any atom is 0.216 e. The standard InChI is InChI=1S/C14H21NO3S/c1-11(2)9-14(12(3)16)15-19(17,18)10-13-7-5-4-6-8-13/h4-8,11,14-15H,9-10H2,1-3H3/t14-/m0/s1. The normalized spacial score (nSPS) is 13.5. The van der Waals surface area contributed by atoms with Crippen LogP contribution in [0.1, 0.15) is 32.8 Å². The van der Waals surface area contributed by atoms with Crippen molar-refractivity contribution in [1.29, 1.82) is 0 Å². The van der Waals surface area contributed by atoms with Crippen molar-refractivity contribution in [3.63, 3.8) is 0 Å². The van der Waals surface area contributed by atoms with E-state index in [-0.39, 0.29) is 17.5 Å². The van der Waals surface area contributed by atoms with Crippen LogP contribution in [0.4, 0.5) is 0 Å². The summed E-state index contributed by atoms with van der Waals surface area (Å²) in [6.45, 7) is 5.33. The summed E-state index contributed by atoms with van der Waals surface area (Å²) in [7, 11) is -3.50. The zero-order valence-corrected chi connectivity index (χ0v) is 12.4. The van der Waals surface area contributed by atoms with Crippen LogP contribution in [0.25, 0.3) is 0 Å². The Bertz CT molecular complexity index is 509. The zero-order valence-electron chi connectivity index (χ0n) is 11.6. The second kappa shape index (κ2) is 6.82. The molecule has 1 aromatic rings. The van der Waals surface area contributed by atoms with Crippen molar-refractivity contribution in [3.8, 4) is 0 Å². The zero-order chi connectivity index (χ0) is 14.5. The van der Waals surface area contributed by atoms with Gasteiger partial charge < -0.3 is 0 Å². The minimum Gasteiger partial charge on any atom is -0.298 e. The van der Waals surface area contributed by atoms with Crippen LogP contribution in [0.5, 0.6) is 0 Å². The lowest BCUT2D eigenvalue weighted by Crippen LogP contribution is -2.41. The van der Waals surface area contributed by atoms with Crippen LogP contribution < -0.4 is 4.72 Å². The SMILES string of the molecule is CC(=O)[C@H](CC(C)C)NS(=O)(=O)Cc1ccccc1. The monoisotopic (exact) mass is 283 g/mol. The molecule has 0 bridgehead atoms. The van der Waals surface area contributed by atoms with E-state index in [0.29, 0.717) is 12.0 Å². The number of carbonyl (C=O) groups excluding carboxylic acids is 1. The van der Waals surface area contributed by atoms with Crippen LogP contribution in [0, 0.1) is 5.92 Å². The van der Waals surface area contributed by atoms with Gasteiger partial charge in [0.1, 0.15) is 5.78 Å². The van der Waals surface area contributed by atoms with Gasteiger partial charge in [-0.15, -0.1) is 0 Å². The van der Waals surface area contributed by atoms with E-state index < -0.39 is 16.1 Å². The number of ketones is 1. The smallest absolute Gasteiger partial charge is 0.216 e. The molecule has 1 rings (SSSR count).